The maximum Gasteiger partial charge on any atom is 0.245 e. The molecule has 2 heterocycles. The Bertz CT molecular complexity index is 865. The minimum atomic E-state index is -0.313. The zero-order chi connectivity index (χ0) is 19.7. The Balaban J connectivity index is 1.41. The van der Waals surface area contributed by atoms with Crippen LogP contribution < -0.4 is 15.0 Å². The van der Waals surface area contributed by atoms with Gasteiger partial charge in [-0.2, -0.15) is 0 Å². The van der Waals surface area contributed by atoms with E-state index in [1.165, 1.54) is 17.7 Å². The van der Waals surface area contributed by atoms with E-state index in [2.05, 4.69) is 23.2 Å². The number of hydrogen-bond acceptors (Lipinski definition) is 4. The number of piperazine rings is 1. The van der Waals surface area contributed by atoms with Gasteiger partial charge in [-0.1, -0.05) is 25.1 Å². The van der Waals surface area contributed by atoms with Crippen LogP contribution in [0.4, 0.5) is 15.8 Å². The number of ether oxygens (including phenoxy) is 1. The number of halogens is 1. The van der Waals surface area contributed by atoms with Crippen LogP contribution in [0.2, 0.25) is 0 Å². The zero-order valence-electron chi connectivity index (χ0n) is 16.3. The number of hydrogen-bond donors (Lipinski definition) is 1. The number of benzene rings is 2. The summed E-state index contributed by atoms with van der Waals surface area (Å²) in [5.74, 6) is 0.731. The second-order valence-corrected chi connectivity index (χ2v) is 7.55. The van der Waals surface area contributed by atoms with Crippen LogP contribution in [0.1, 0.15) is 24.8 Å². The molecule has 4 rings (SSSR count). The summed E-state index contributed by atoms with van der Waals surface area (Å²) in [4.78, 5) is 17.2. The standard InChI is InChI=1S/C22H26FN3O2/c1-15-13-19(24-18-6-4-3-5-17(15)18)22(27)26-11-9-25(10-12-26)20-8-7-16(23)14-21(20)28-2/h3-8,14-15,19,24H,9-13H2,1-2H3/t15-,19-/m0/s1. The highest BCUT2D eigenvalue weighted by molar-refractivity contribution is 5.86. The second kappa shape index (κ2) is 7.70. The van der Waals surface area contributed by atoms with Crippen LogP contribution in [-0.4, -0.2) is 50.1 Å². The molecule has 0 aliphatic carbocycles. The van der Waals surface area contributed by atoms with Crippen molar-refractivity contribution in [2.45, 2.75) is 25.3 Å². The maximum atomic E-state index is 13.5. The number of anilines is 2. The predicted molar refractivity (Wildman–Crippen MR) is 109 cm³/mol. The molecule has 0 spiro atoms. The van der Waals surface area contributed by atoms with Gasteiger partial charge in [0.2, 0.25) is 5.91 Å². The summed E-state index contributed by atoms with van der Waals surface area (Å²) in [6, 6.07) is 12.6. The molecule has 6 heteroatoms. The third-order valence-corrected chi connectivity index (χ3v) is 5.78. The molecule has 2 aliphatic rings. The molecule has 1 fully saturated rings. The lowest BCUT2D eigenvalue weighted by Gasteiger charge is -2.39. The van der Waals surface area contributed by atoms with E-state index in [1.54, 1.807) is 13.2 Å². The molecule has 1 N–H and O–H groups in total. The van der Waals surface area contributed by atoms with Gasteiger partial charge in [0, 0.05) is 37.9 Å². The second-order valence-electron chi connectivity index (χ2n) is 7.55. The van der Waals surface area contributed by atoms with Gasteiger partial charge in [-0.05, 0) is 36.1 Å². The van der Waals surface area contributed by atoms with Crippen molar-refractivity contribution < 1.29 is 13.9 Å². The molecule has 2 atom stereocenters. The normalized spacial score (nSPS) is 21.7. The van der Waals surface area contributed by atoms with Gasteiger partial charge in [0.1, 0.15) is 17.6 Å². The van der Waals surface area contributed by atoms with Crippen LogP contribution in [-0.2, 0) is 4.79 Å². The summed E-state index contributed by atoms with van der Waals surface area (Å²) in [6.07, 6.45) is 0.807. The minimum Gasteiger partial charge on any atom is -0.494 e. The fraction of sp³-hybridized carbons (Fsp3) is 0.409. The van der Waals surface area contributed by atoms with E-state index in [-0.39, 0.29) is 17.8 Å². The molecule has 5 nitrogen and oxygen atoms in total. The van der Waals surface area contributed by atoms with E-state index in [0.29, 0.717) is 37.8 Å². The van der Waals surface area contributed by atoms with E-state index >= 15 is 0 Å². The fourth-order valence-corrected chi connectivity index (χ4v) is 4.25. The first-order chi connectivity index (χ1) is 13.6. The third-order valence-electron chi connectivity index (χ3n) is 5.78. The molecule has 0 saturated carbocycles. The van der Waals surface area contributed by atoms with Crippen molar-refractivity contribution in [1.29, 1.82) is 0 Å². The van der Waals surface area contributed by atoms with Crippen LogP contribution in [0.5, 0.6) is 5.75 Å². The number of carbonyl (C=O) groups excluding carboxylic acids is 1. The number of carbonyl (C=O) groups is 1. The lowest BCUT2D eigenvalue weighted by atomic mass is 9.88. The van der Waals surface area contributed by atoms with E-state index in [0.717, 1.165) is 17.8 Å². The van der Waals surface area contributed by atoms with Gasteiger partial charge in [-0.25, -0.2) is 4.39 Å². The predicted octanol–water partition coefficient (Wildman–Crippen LogP) is 3.47. The average Bonchev–Trinajstić information content (AvgIpc) is 2.73. The molecule has 2 aromatic rings. The number of methoxy groups -OCH3 is 1. The molecule has 0 bridgehead atoms. The molecule has 1 amide bonds. The van der Waals surface area contributed by atoms with Crippen molar-refractivity contribution in [3.63, 3.8) is 0 Å². The molecule has 1 saturated heterocycles. The lowest BCUT2D eigenvalue weighted by Crippen LogP contribution is -2.53. The molecule has 0 unspecified atom stereocenters. The Labute approximate surface area is 165 Å². The van der Waals surface area contributed by atoms with Gasteiger partial charge in [-0.3, -0.25) is 4.79 Å². The highest BCUT2D eigenvalue weighted by atomic mass is 19.1. The number of rotatable bonds is 3. The number of nitrogens with zero attached hydrogens (tertiary/aromatic N) is 2. The lowest BCUT2D eigenvalue weighted by molar-refractivity contribution is -0.132. The van der Waals surface area contributed by atoms with Gasteiger partial charge in [-0.15, -0.1) is 0 Å². The highest BCUT2D eigenvalue weighted by Gasteiger charge is 2.32. The van der Waals surface area contributed by atoms with Crippen LogP contribution in [0.25, 0.3) is 0 Å². The van der Waals surface area contributed by atoms with E-state index in [9.17, 15) is 9.18 Å². The first-order valence-corrected chi connectivity index (χ1v) is 9.79. The van der Waals surface area contributed by atoms with Crippen LogP contribution in [0.15, 0.2) is 42.5 Å². The van der Waals surface area contributed by atoms with Crippen molar-refractivity contribution in [2.75, 3.05) is 43.5 Å². The molecule has 148 valence electrons. The van der Waals surface area contributed by atoms with E-state index < -0.39 is 0 Å². The number of amides is 1. The molecule has 28 heavy (non-hydrogen) atoms. The SMILES string of the molecule is COc1cc(F)ccc1N1CCN(C(=O)[C@@H]2C[C@H](C)c3ccccc3N2)CC1. The molecule has 0 radical (unpaired) electrons. The first kappa shape index (κ1) is 18.6. The van der Waals surface area contributed by atoms with Crippen molar-refractivity contribution in [3.05, 3.63) is 53.8 Å². The summed E-state index contributed by atoms with van der Waals surface area (Å²) >= 11 is 0. The van der Waals surface area contributed by atoms with E-state index in [1.807, 2.05) is 23.1 Å². The van der Waals surface area contributed by atoms with Crippen LogP contribution in [0, 0.1) is 5.82 Å². The Morgan fingerprint density at radius 1 is 1.14 bits per heavy atom. The van der Waals surface area contributed by atoms with Gasteiger partial charge >= 0.3 is 0 Å². The quantitative estimate of drug-likeness (QED) is 0.882. The Morgan fingerprint density at radius 3 is 2.64 bits per heavy atom. The summed E-state index contributed by atoms with van der Waals surface area (Å²) < 4.78 is 18.8. The molecule has 2 aromatic carbocycles. The zero-order valence-corrected chi connectivity index (χ0v) is 16.3. The summed E-state index contributed by atoms with van der Waals surface area (Å²) in [5, 5.41) is 3.43. The molecule has 2 aliphatic heterocycles. The number of fused-ring (bicyclic) bond motifs is 1. The van der Waals surface area contributed by atoms with Gasteiger partial charge < -0.3 is 19.9 Å². The van der Waals surface area contributed by atoms with Crippen LogP contribution >= 0.6 is 0 Å². The van der Waals surface area contributed by atoms with Gasteiger partial charge in [0.25, 0.3) is 0 Å². The average molecular weight is 383 g/mol. The Hall–Kier alpha value is -2.76. The largest absolute Gasteiger partial charge is 0.494 e. The summed E-state index contributed by atoms with van der Waals surface area (Å²) in [6.45, 7) is 4.87. The first-order valence-electron chi connectivity index (χ1n) is 9.79. The minimum absolute atomic E-state index is 0.159. The third kappa shape index (κ3) is 3.51. The van der Waals surface area contributed by atoms with Crippen molar-refractivity contribution in [2.24, 2.45) is 0 Å². The smallest absolute Gasteiger partial charge is 0.245 e. The van der Waals surface area contributed by atoms with Crippen LogP contribution in [0.3, 0.4) is 0 Å². The molecular formula is C22H26FN3O2. The monoisotopic (exact) mass is 383 g/mol. The number of para-hydroxylation sites is 1. The van der Waals surface area contributed by atoms with Crippen molar-refractivity contribution >= 4 is 17.3 Å². The molecular weight excluding hydrogens is 357 g/mol. The fourth-order valence-electron chi connectivity index (χ4n) is 4.25. The topological polar surface area (TPSA) is 44.8 Å². The Morgan fingerprint density at radius 2 is 1.89 bits per heavy atom. The van der Waals surface area contributed by atoms with Gasteiger partial charge in [0.05, 0.1) is 12.8 Å². The highest BCUT2D eigenvalue weighted by Crippen LogP contribution is 2.34. The summed E-state index contributed by atoms with van der Waals surface area (Å²) in [5.41, 5.74) is 3.21. The summed E-state index contributed by atoms with van der Waals surface area (Å²) in [7, 11) is 1.55. The number of nitrogens with one attached hydrogen (secondary N) is 1. The van der Waals surface area contributed by atoms with Gasteiger partial charge in [0.15, 0.2) is 0 Å². The maximum absolute atomic E-state index is 13.5. The molecule has 0 aromatic heterocycles. The van der Waals surface area contributed by atoms with E-state index in [4.69, 9.17) is 4.74 Å². The van der Waals surface area contributed by atoms with Crippen molar-refractivity contribution in [3.8, 4) is 5.75 Å². The Kier molecular flexibility index (Phi) is 5.11. The van der Waals surface area contributed by atoms with Crippen molar-refractivity contribution in [1.82, 2.24) is 4.90 Å².